The third-order valence-corrected chi connectivity index (χ3v) is 5.77. The van der Waals surface area contributed by atoms with Gasteiger partial charge in [-0.15, -0.1) is 0 Å². The number of fused-ring (bicyclic) bond motifs is 2. The van der Waals surface area contributed by atoms with Crippen LogP contribution < -0.4 is 0 Å². The van der Waals surface area contributed by atoms with Crippen molar-refractivity contribution < 1.29 is 17.0 Å². The Kier molecular flexibility index (Phi) is 4.27. The van der Waals surface area contributed by atoms with Gasteiger partial charge in [0, 0.05) is 18.0 Å². The molecule has 0 aromatic heterocycles. The highest BCUT2D eigenvalue weighted by atomic mass is 32.2. The fourth-order valence-electron chi connectivity index (χ4n) is 4.10. The lowest BCUT2D eigenvalue weighted by molar-refractivity contribution is 0.0687. The number of benzene rings is 1. The van der Waals surface area contributed by atoms with Crippen molar-refractivity contribution >= 4 is 10.1 Å². The van der Waals surface area contributed by atoms with Crippen LogP contribution in [0.1, 0.15) is 30.7 Å². The normalized spacial score (nSPS) is 32.3. The van der Waals surface area contributed by atoms with Crippen molar-refractivity contribution in [3.63, 3.8) is 0 Å². The van der Waals surface area contributed by atoms with Gasteiger partial charge in [-0.25, -0.2) is 4.39 Å². The fraction of sp³-hybridized carbons (Fsp3) is 0.625. The summed E-state index contributed by atoms with van der Waals surface area (Å²) in [4.78, 5) is 2.36. The molecule has 2 aliphatic rings. The van der Waals surface area contributed by atoms with E-state index in [-0.39, 0.29) is 24.3 Å². The van der Waals surface area contributed by atoms with Crippen molar-refractivity contribution in [3.05, 3.63) is 35.6 Å². The molecule has 0 radical (unpaired) electrons. The van der Waals surface area contributed by atoms with Gasteiger partial charge < -0.3 is 4.90 Å². The summed E-state index contributed by atoms with van der Waals surface area (Å²) in [5.41, 5.74) is 1.08. The first-order chi connectivity index (χ1) is 10.3. The molecule has 2 saturated heterocycles. The molecular formula is C16H22FNO3S. The highest BCUT2D eigenvalue weighted by Gasteiger charge is 2.46. The largest absolute Gasteiger partial charge is 0.300 e. The summed E-state index contributed by atoms with van der Waals surface area (Å²) < 4.78 is 41.0. The van der Waals surface area contributed by atoms with Crippen molar-refractivity contribution in [1.29, 1.82) is 0 Å². The van der Waals surface area contributed by atoms with E-state index < -0.39 is 10.1 Å². The molecule has 1 aromatic rings. The molecule has 2 bridgehead atoms. The predicted molar refractivity (Wildman–Crippen MR) is 82.6 cm³/mol. The monoisotopic (exact) mass is 327 g/mol. The zero-order valence-corrected chi connectivity index (χ0v) is 13.7. The van der Waals surface area contributed by atoms with E-state index in [0.29, 0.717) is 12.1 Å². The molecule has 0 saturated carbocycles. The first-order valence-electron chi connectivity index (χ1n) is 7.67. The Morgan fingerprint density at radius 3 is 2.59 bits per heavy atom. The average molecular weight is 327 g/mol. The minimum absolute atomic E-state index is 0.115. The molecule has 6 heteroatoms. The first-order valence-corrected chi connectivity index (χ1v) is 9.48. The third kappa shape index (κ3) is 3.19. The summed E-state index contributed by atoms with van der Waals surface area (Å²) in [5.74, 6) is 0.0866. The summed E-state index contributed by atoms with van der Waals surface area (Å²) in [6.07, 6.45) is 4.26. The summed E-state index contributed by atoms with van der Waals surface area (Å²) in [7, 11) is -1.34. The van der Waals surface area contributed by atoms with Gasteiger partial charge in [0.2, 0.25) is 0 Å². The highest BCUT2D eigenvalue weighted by molar-refractivity contribution is 7.85. The molecule has 122 valence electrons. The molecule has 0 spiro atoms. The molecule has 0 N–H and O–H groups in total. The summed E-state index contributed by atoms with van der Waals surface area (Å²) in [6, 6.07) is 7.44. The third-order valence-electron chi connectivity index (χ3n) is 5.20. The van der Waals surface area contributed by atoms with Crippen molar-refractivity contribution in [2.75, 3.05) is 19.9 Å². The van der Waals surface area contributed by atoms with Crippen molar-refractivity contribution in [3.8, 4) is 0 Å². The van der Waals surface area contributed by atoms with Gasteiger partial charge in [0.1, 0.15) is 5.82 Å². The fourth-order valence-corrected chi connectivity index (χ4v) is 4.50. The van der Waals surface area contributed by atoms with Gasteiger partial charge in [0.05, 0.1) is 12.9 Å². The van der Waals surface area contributed by atoms with E-state index in [2.05, 4.69) is 11.9 Å². The molecule has 1 aromatic carbocycles. The Morgan fingerprint density at radius 2 is 1.95 bits per heavy atom. The van der Waals surface area contributed by atoms with Gasteiger partial charge in [0.25, 0.3) is 10.1 Å². The van der Waals surface area contributed by atoms with Gasteiger partial charge in [-0.05, 0) is 49.9 Å². The zero-order valence-electron chi connectivity index (χ0n) is 12.9. The molecular weight excluding hydrogens is 305 g/mol. The maximum Gasteiger partial charge on any atom is 0.264 e. The van der Waals surface area contributed by atoms with Gasteiger partial charge in [0.15, 0.2) is 0 Å². The van der Waals surface area contributed by atoms with E-state index in [9.17, 15) is 12.8 Å². The number of piperidine rings is 1. The Hall–Kier alpha value is -0.980. The summed E-state index contributed by atoms with van der Waals surface area (Å²) in [5, 5.41) is 0. The van der Waals surface area contributed by atoms with Crippen LogP contribution in [0.15, 0.2) is 24.3 Å². The van der Waals surface area contributed by atoms with Gasteiger partial charge in [-0.2, -0.15) is 8.42 Å². The van der Waals surface area contributed by atoms with Gasteiger partial charge >= 0.3 is 0 Å². The Bertz CT molecular complexity index is 631. The van der Waals surface area contributed by atoms with Crippen LogP contribution in [0.3, 0.4) is 0 Å². The standard InChI is InChI=1S/C16H22FNO3S/c1-18-13-7-8-16(18)15(10-21-22(2,19)20)14(9-13)11-3-5-12(17)6-4-11/h3-6,13-16H,7-10H2,1-2H3/t13?,14-,15+,16?/m1/s1. The molecule has 22 heavy (non-hydrogen) atoms. The predicted octanol–water partition coefficient (Wildman–Crippen LogP) is 2.37. The minimum Gasteiger partial charge on any atom is -0.300 e. The number of nitrogens with zero attached hydrogens (tertiary/aromatic N) is 1. The van der Waals surface area contributed by atoms with E-state index in [0.717, 1.165) is 31.1 Å². The zero-order chi connectivity index (χ0) is 15.9. The Labute approximate surface area is 131 Å². The van der Waals surface area contributed by atoms with Crippen LogP contribution in [0.5, 0.6) is 0 Å². The van der Waals surface area contributed by atoms with Crippen molar-refractivity contribution in [1.82, 2.24) is 4.90 Å². The van der Waals surface area contributed by atoms with Crippen molar-refractivity contribution in [2.24, 2.45) is 5.92 Å². The molecule has 2 fully saturated rings. The van der Waals surface area contributed by atoms with Crippen LogP contribution >= 0.6 is 0 Å². The number of halogens is 1. The van der Waals surface area contributed by atoms with Crippen molar-refractivity contribution in [2.45, 2.75) is 37.3 Å². The molecule has 2 heterocycles. The first kappa shape index (κ1) is 15.9. The number of rotatable bonds is 4. The van der Waals surface area contributed by atoms with Crippen LogP contribution in [-0.4, -0.2) is 45.3 Å². The lowest BCUT2D eigenvalue weighted by Gasteiger charge is -2.43. The lowest BCUT2D eigenvalue weighted by Crippen LogP contribution is -2.47. The van der Waals surface area contributed by atoms with Gasteiger partial charge in [-0.3, -0.25) is 4.18 Å². The molecule has 0 amide bonds. The average Bonchev–Trinajstić information content (AvgIpc) is 2.70. The second-order valence-electron chi connectivity index (χ2n) is 6.51. The maximum absolute atomic E-state index is 13.2. The Morgan fingerprint density at radius 1 is 1.27 bits per heavy atom. The molecule has 4 nitrogen and oxygen atoms in total. The molecule has 0 aliphatic carbocycles. The topological polar surface area (TPSA) is 46.6 Å². The maximum atomic E-state index is 13.2. The molecule has 3 rings (SSSR count). The summed E-state index contributed by atoms with van der Waals surface area (Å²) >= 11 is 0. The SMILES string of the molecule is CN1C2CCC1[C@@H](COS(C)(=O)=O)[C@@H](c1ccc(F)cc1)C2. The van der Waals surface area contributed by atoms with Crippen LogP contribution in [0.4, 0.5) is 4.39 Å². The Balaban J connectivity index is 1.86. The van der Waals surface area contributed by atoms with Crippen LogP contribution in [-0.2, 0) is 14.3 Å². The van der Waals surface area contributed by atoms with E-state index in [1.165, 1.54) is 12.1 Å². The second kappa shape index (κ2) is 5.91. The van der Waals surface area contributed by atoms with E-state index >= 15 is 0 Å². The smallest absolute Gasteiger partial charge is 0.264 e. The molecule has 2 aliphatic heterocycles. The van der Waals surface area contributed by atoms with Crippen LogP contribution in [0, 0.1) is 11.7 Å². The lowest BCUT2D eigenvalue weighted by atomic mass is 9.76. The number of hydrogen-bond donors (Lipinski definition) is 0. The van der Waals surface area contributed by atoms with E-state index in [4.69, 9.17) is 4.18 Å². The number of hydrogen-bond acceptors (Lipinski definition) is 4. The minimum atomic E-state index is -3.45. The van der Waals surface area contributed by atoms with Crippen LogP contribution in [0.25, 0.3) is 0 Å². The van der Waals surface area contributed by atoms with E-state index in [1.807, 2.05) is 12.1 Å². The highest BCUT2D eigenvalue weighted by Crippen LogP contribution is 2.46. The summed E-state index contributed by atoms with van der Waals surface area (Å²) in [6.45, 7) is 0.197. The second-order valence-corrected chi connectivity index (χ2v) is 8.15. The molecule has 4 atom stereocenters. The molecule has 2 unspecified atom stereocenters. The van der Waals surface area contributed by atoms with E-state index in [1.54, 1.807) is 0 Å². The van der Waals surface area contributed by atoms with Crippen LogP contribution in [0.2, 0.25) is 0 Å². The van der Waals surface area contributed by atoms with Gasteiger partial charge in [-0.1, -0.05) is 12.1 Å². The quantitative estimate of drug-likeness (QED) is 0.797.